The summed E-state index contributed by atoms with van der Waals surface area (Å²) in [5.41, 5.74) is 10.0. The highest BCUT2D eigenvalue weighted by molar-refractivity contribution is 6.91. The van der Waals surface area contributed by atoms with Gasteiger partial charge in [0.15, 0.2) is 17.5 Å². The molecule has 1 heterocycles. The maximum absolute atomic E-state index is 4.95. The minimum absolute atomic E-state index is 0.654. The Balaban J connectivity index is 1.21. The van der Waals surface area contributed by atoms with E-state index in [0.717, 1.165) is 27.8 Å². The zero-order valence-electron chi connectivity index (χ0n) is 28.5. The summed E-state index contributed by atoms with van der Waals surface area (Å²) in [6.07, 6.45) is 0. The first kappa shape index (κ1) is 32.1. The van der Waals surface area contributed by atoms with Crippen molar-refractivity contribution in [3.63, 3.8) is 0 Å². The van der Waals surface area contributed by atoms with Crippen molar-refractivity contribution in [1.29, 1.82) is 0 Å². The number of nitrogens with zero attached hydrogens (tertiary/aromatic N) is 3. The van der Waals surface area contributed by atoms with Crippen LogP contribution in [0.2, 0.25) is 18.1 Å². The number of hydrogen-bond donors (Lipinski definition) is 0. The van der Waals surface area contributed by atoms with Gasteiger partial charge in [0.2, 0.25) is 0 Å². The molecule has 3 nitrogen and oxygen atoms in total. The molecule has 49 heavy (non-hydrogen) atoms. The SMILES string of the molecule is CC[Si](CC)(CC)c1ccc(-c2cccc(-c3cccc(-c4cccc(-c5nc(-c6ccccc6)nc(-c6ccccc6)n5)c4)c3)c2)cc1. The highest BCUT2D eigenvalue weighted by Gasteiger charge is 2.28. The van der Waals surface area contributed by atoms with Gasteiger partial charge in [0, 0.05) is 16.7 Å². The summed E-state index contributed by atoms with van der Waals surface area (Å²) >= 11 is 0. The third-order valence-corrected chi connectivity index (χ3v) is 15.7. The first-order valence-corrected chi connectivity index (χ1v) is 20.0. The second kappa shape index (κ2) is 14.3. The average Bonchev–Trinajstić information content (AvgIpc) is 3.20. The minimum atomic E-state index is -1.39. The van der Waals surface area contributed by atoms with Gasteiger partial charge in [-0.3, -0.25) is 0 Å². The van der Waals surface area contributed by atoms with E-state index in [1.54, 1.807) is 5.19 Å². The van der Waals surface area contributed by atoms with Gasteiger partial charge in [0.05, 0.1) is 8.07 Å². The molecule has 0 aliphatic heterocycles. The molecule has 7 aromatic rings. The van der Waals surface area contributed by atoms with Gasteiger partial charge in [-0.05, 0) is 51.6 Å². The maximum Gasteiger partial charge on any atom is 0.164 e. The topological polar surface area (TPSA) is 38.7 Å². The molecule has 0 radical (unpaired) electrons. The molecule has 7 rings (SSSR count). The lowest BCUT2D eigenvalue weighted by Gasteiger charge is -2.28. The summed E-state index contributed by atoms with van der Waals surface area (Å²) in [5.74, 6) is 1.98. The second-order valence-electron chi connectivity index (χ2n) is 12.7. The van der Waals surface area contributed by atoms with Crippen molar-refractivity contribution in [2.75, 3.05) is 0 Å². The Morgan fingerprint density at radius 3 is 1.06 bits per heavy atom. The lowest BCUT2D eigenvalue weighted by molar-refractivity contribution is 1.07. The van der Waals surface area contributed by atoms with Gasteiger partial charge in [0.1, 0.15) is 0 Å². The van der Waals surface area contributed by atoms with Crippen LogP contribution in [-0.4, -0.2) is 23.0 Å². The van der Waals surface area contributed by atoms with Gasteiger partial charge in [-0.25, -0.2) is 15.0 Å². The van der Waals surface area contributed by atoms with Crippen LogP contribution in [0, 0.1) is 0 Å². The van der Waals surface area contributed by atoms with Crippen molar-refractivity contribution in [1.82, 2.24) is 15.0 Å². The Kier molecular flexibility index (Phi) is 9.40. The van der Waals surface area contributed by atoms with Gasteiger partial charge in [-0.15, -0.1) is 0 Å². The van der Waals surface area contributed by atoms with E-state index < -0.39 is 8.07 Å². The molecule has 4 heteroatoms. The molecule has 240 valence electrons. The third kappa shape index (κ3) is 6.78. The standard InChI is InChI=1S/C45H41N3Si/c1-4-49(5-2,6-3)42-28-26-33(27-29-42)36-20-13-21-37(30-36)38-22-14-23-39(31-38)40-24-15-25-41(32-40)45-47-43(34-16-9-7-10-17-34)46-44(48-45)35-18-11-8-12-19-35/h7-32H,4-6H2,1-3H3. The van der Waals surface area contributed by atoms with Gasteiger partial charge in [0.25, 0.3) is 0 Å². The Morgan fingerprint density at radius 1 is 0.327 bits per heavy atom. The molecule has 1 aromatic heterocycles. The first-order valence-electron chi connectivity index (χ1n) is 17.4. The lowest BCUT2D eigenvalue weighted by Crippen LogP contribution is -2.45. The summed E-state index contributed by atoms with van der Waals surface area (Å²) in [6, 6.07) is 59.8. The molecule has 0 spiro atoms. The van der Waals surface area contributed by atoms with Crippen molar-refractivity contribution in [2.24, 2.45) is 0 Å². The number of hydrogen-bond acceptors (Lipinski definition) is 3. The third-order valence-electron chi connectivity index (χ3n) is 10.1. The van der Waals surface area contributed by atoms with Crippen LogP contribution in [0.4, 0.5) is 0 Å². The van der Waals surface area contributed by atoms with E-state index in [9.17, 15) is 0 Å². The molecule has 0 aliphatic carbocycles. The number of aromatic nitrogens is 3. The number of rotatable bonds is 10. The van der Waals surface area contributed by atoms with Crippen LogP contribution >= 0.6 is 0 Å². The van der Waals surface area contributed by atoms with Crippen LogP contribution in [0.15, 0.2) is 158 Å². The largest absolute Gasteiger partial charge is 0.208 e. The monoisotopic (exact) mass is 651 g/mol. The van der Waals surface area contributed by atoms with Crippen molar-refractivity contribution in [3.8, 4) is 67.5 Å². The molecule has 0 saturated carbocycles. The fourth-order valence-electron chi connectivity index (χ4n) is 6.91. The predicted octanol–water partition coefficient (Wildman–Crippen LogP) is 11.6. The normalized spacial score (nSPS) is 11.4. The minimum Gasteiger partial charge on any atom is -0.208 e. The first-order chi connectivity index (χ1) is 24.1. The quantitative estimate of drug-likeness (QED) is 0.138. The summed E-state index contributed by atoms with van der Waals surface area (Å²) in [4.78, 5) is 14.8. The maximum atomic E-state index is 4.95. The smallest absolute Gasteiger partial charge is 0.164 e. The Hall–Kier alpha value is -5.45. The molecule has 0 unspecified atom stereocenters. The van der Waals surface area contributed by atoms with Crippen LogP contribution in [0.25, 0.3) is 67.5 Å². The van der Waals surface area contributed by atoms with E-state index in [0.29, 0.717) is 17.5 Å². The van der Waals surface area contributed by atoms with Crippen LogP contribution < -0.4 is 5.19 Å². The molecule has 0 atom stereocenters. The zero-order chi connectivity index (χ0) is 33.6. The molecular weight excluding hydrogens is 611 g/mol. The second-order valence-corrected chi connectivity index (χ2v) is 18.0. The van der Waals surface area contributed by atoms with Crippen molar-refractivity contribution in [2.45, 2.75) is 38.9 Å². The fourth-order valence-corrected chi connectivity index (χ4v) is 10.5. The highest BCUT2D eigenvalue weighted by atomic mass is 28.3. The lowest BCUT2D eigenvalue weighted by atomic mass is 9.95. The molecule has 0 bridgehead atoms. The van der Waals surface area contributed by atoms with Gasteiger partial charge >= 0.3 is 0 Å². The molecule has 6 aromatic carbocycles. The summed E-state index contributed by atoms with van der Waals surface area (Å²) in [6.45, 7) is 7.12. The van der Waals surface area contributed by atoms with Crippen molar-refractivity contribution < 1.29 is 0 Å². The van der Waals surface area contributed by atoms with Gasteiger partial charge in [-0.1, -0.05) is 184 Å². The molecule has 0 fully saturated rings. The highest BCUT2D eigenvalue weighted by Crippen LogP contribution is 2.32. The van der Waals surface area contributed by atoms with Crippen molar-refractivity contribution >= 4 is 13.3 Å². The molecule has 0 aliphatic rings. The zero-order valence-corrected chi connectivity index (χ0v) is 29.5. The summed E-state index contributed by atoms with van der Waals surface area (Å²) in [5, 5.41) is 1.58. The molecule has 0 N–H and O–H groups in total. The summed E-state index contributed by atoms with van der Waals surface area (Å²) in [7, 11) is -1.39. The Morgan fingerprint density at radius 2 is 0.653 bits per heavy atom. The molecule has 0 amide bonds. The van der Waals surface area contributed by atoms with Gasteiger partial charge < -0.3 is 0 Å². The van der Waals surface area contributed by atoms with E-state index in [1.807, 2.05) is 60.7 Å². The van der Waals surface area contributed by atoms with Crippen molar-refractivity contribution in [3.05, 3.63) is 158 Å². The van der Waals surface area contributed by atoms with E-state index >= 15 is 0 Å². The van der Waals surface area contributed by atoms with E-state index in [1.165, 1.54) is 40.4 Å². The van der Waals surface area contributed by atoms with Crippen LogP contribution in [-0.2, 0) is 0 Å². The van der Waals surface area contributed by atoms with Gasteiger partial charge in [-0.2, -0.15) is 0 Å². The molecule has 0 saturated heterocycles. The summed E-state index contributed by atoms with van der Waals surface area (Å²) < 4.78 is 0. The van der Waals surface area contributed by atoms with E-state index in [-0.39, 0.29) is 0 Å². The Bertz CT molecular complexity index is 2110. The number of benzene rings is 6. The fraction of sp³-hybridized carbons (Fsp3) is 0.133. The van der Waals surface area contributed by atoms with E-state index in [4.69, 9.17) is 15.0 Å². The van der Waals surface area contributed by atoms with E-state index in [2.05, 4.69) is 118 Å². The van der Waals surface area contributed by atoms with Crippen LogP contribution in [0.5, 0.6) is 0 Å². The Labute approximate surface area is 291 Å². The van der Waals surface area contributed by atoms with Crippen LogP contribution in [0.3, 0.4) is 0 Å². The molecular formula is C45H41N3Si. The predicted molar refractivity (Wildman–Crippen MR) is 209 cm³/mol. The average molecular weight is 652 g/mol. The van der Waals surface area contributed by atoms with Crippen LogP contribution in [0.1, 0.15) is 20.8 Å².